The third kappa shape index (κ3) is 0.590. The van der Waals surface area contributed by atoms with Crippen molar-refractivity contribution < 1.29 is 4.79 Å². The van der Waals surface area contributed by atoms with Crippen LogP contribution >= 0.6 is 0 Å². The van der Waals surface area contributed by atoms with Crippen LogP contribution < -0.4 is 11.2 Å². The second-order valence-electron chi connectivity index (χ2n) is 6.35. The van der Waals surface area contributed by atoms with Crippen molar-refractivity contribution in [3.05, 3.63) is 0 Å². The van der Waals surface area contributed by atoms with Crippen molar-refractivity contribution in [2.24, 2.45) is 58.2 Å². The van der Waals surface area contributed by atoms with Crippen LogP contribution in [0.1, 0.15) is 12.8 Å². The molecule has 5 saturated carbocycles. The van der Waals surface area contributed by atoms with Gasteiger partial charge in [0.1, 0.15) is 0 Å². The van der Waals surface area contributed by atoms with E-state index in [1.807, 2.05) is 0 Å². The van der Waals surface area contributed by atoms with Gasteiger partial charge in [0, 0.05) is 17.5 Å². The van der Waals surface area contributed by atoms with Gasteiger partial charge in [0.25, 0.3) is 0 Å². The van der Waals surface area contributed by atoms with Crippen molar-refractivity contribution in [1.82, 2.24) is 5.43 Å². The number of nitrogens with one attached hydrogen (secondary N) is 1. The first kappa shape index (κ1) is 8.09. The number of hydrazone groups is 1. The Hall–Kier alpha value is -1.06. The average molecular weight is 217 g/mol. The molecule has 3 N–H and O–H groups in total. The van der Waals surface area contributed by atoms with Gasteiger partial charge in [-0.15, -0.1) is 0 Å². The van der Waals surface area contributed by atoms with E-state index in [2.05, 4.69) is 10.5 Å². The van der Waals surface area contributed by atoms with E-state index in [4.69, 9.17) is 5.73 Å². The summed E-state index contributed by atoms with van der Waals surface area (Å²) in [5.74, 6) is 7.16. The number of nitrogens with two attached hydrogens (primary N) is 1. The lowest BCUT2D eigenvalue weighted by atomic mass is 9.59. The molecule has 0 radical (unpaired) electrons. The Bertz CT molecular complexity index is 440. The van der Waals surface area contributed by atoms with Gasteiger partial charge in [-0.25, -0.2) is 10.2 Å². The highest BCUT2D eigenvalue weighted by molar-refractivity contribution is 5.96. The molecular formula is C12H15N3O. The lowest BCUT2D eigenvalue weighted by molar-refractivity contribution is 0.0503. The summed E-state index contributed by atoms with van der Waals surface area (Å²) in [4.78, 5) is 10.8. The predicted molar refractivity (Wildman–Crippen MR) is 57.3 cm³/mol. The molecule has 2 amide bonds. The molecule has 0 heterocycles. The molecule has 0 saturated heterocycles. The lowest BCUT2D eigenvalue weighted by Crippen LogP contribution is -2.44. The maximum atomic E-state index is 10.8. The molecule has 5 fully saturated rings. The van der Waals surface area contributed by atoms with Gasteiger partial charge in [0.05, 0.1) is 0 Å². The van der Waals surface area contributed by atoms with E-state index < -0.39 is 6.03 Å². The number of carbonyl (C=O) groups is 1. The zero-order valence-electron chi connectivity index (χ0n) is 8.97. The molecule has 0 aromatic carbocycles. The largest absolute Gasteiger partial charge is 0.350 e. The van der Waals surface area contributed by atoms with E-state index in [1.165, 1.54) is 18.6 Å². The standard InChI is InChI=1S/C12H15N3O/c13-12(16)15-14-11-8-4-2-5-7-3(4)1-6(8)9(7)10(5)11/h3-10H,1-2H2,(H3,13,15,16)/b14-11-/t3-,4-,5+,6+,7-,8-,9+,10-/m1/s1. The molecule has 5 rings (SSSR count). The fourth-order valence-electron chi connectivity index (χ4n) is 6.40. The van der Waals surface area contributed by atoms with E-state index >= 15 is 0 Å². The monoisotopic (exact) mass is 217 g/mol. The topological polar surface area (TPSA) is 67.5 Å². The fourth-order valence-corrected chi connectivity index (χ4v) is 6.40. The molecular weight excluding hydrogens is 202 g/mol. The van der Waals surface area contributed by atoms with E-state index in [1.54, 1.807) is 0 Å². The van der Waals surface area contributed by atoms with E-state index in [9.17, 15) is 4.79 Å². The molecule has 84 valence electrons. The second kappa shape index (κ2) is 2.15. The summed E-state index contributed by atoms with van der Waals surface area (Å²) in [7, 11) is 0. The average Bonchev–Trinajstić information content (AvgIpc) is 2.72. The summed E-state index contributed by atoms with van der Waals surface area (Å²) in [5, 5.41) is 4.33. The molecule has 5 aliphatic carbocycles. The molecule has 4 nitrogen and oxygen atoms in total. The summed E-state index contributed by atoms with van der Waals surface area (Å²) in [5.41, 5.74) is 8.87. The molecule has 0 aromatic heterocycles. The number of primary amides is 1. The number of fused-ring (bicyclic) bond motifs is 2. The molecule has 0 unspecified atom stereocenters. The van der Waals surface area contributed by atoms with Crippen molar-refractivity contribution >= 4 is 11.7 Å². The number of amides is 2. The zero-order valence-corrected chi connectivity index (χ0v) is 8.97. The molecule has 5 aliphatic rings. The molecule has 0 aromatic rings. The molecule has 2 bridgehead atoms. The summed E-state index contributed by atoms with van der Waals surface area (Å²) in [6, 6.07) is -0.522. The highest BCUT2D eigenvalue weighted by atomic mass is 16.2. The van der Waals surface area contributed by atoms with Crippen LogP contribution in [0.3, 0.4) is 0 Å². The van der Waals surface area contributed by atoms with E-state index in [-0.39, 0.29) is 0 Å². The molecule has 0 spiro atoms. The summed E-state index contributed by atoms with van der Waals surface area (Å²) in [6.45, 7) is 0. The first-order valence-corrected chi connectivity index (χ1v) is 6.40. The van der Waals surface area contributed by atoms with E-state index in [0.29, 0.717) is 5.92 Å². The molecule has 4 heteroatoms. The fraction of sp³-hybridized carbons (Fsp3) is 0.833. The van der Waals surface area contributed by atoms with Gasteiger partial charge in [-0.3, -0.25) is 0 Å². The highest BCUT2D eigenvalue weighted by Gasteiger charge is 2.79. The maximum absolute atomic E-state index is 10.8. The van der Waals surface area contributed by atoms with Gasteiger partial charge in [0.15, 0.2) is 0 Å². The Morgan fingerprint density at radius 3 is 2.69 bits per heavy atom. The minimum absolute atomic E-state index is 0.522. The highest BCUT2D eigenvalue weighted by Crippen LogP contribution is 2.81. The van der Waals surface area contributed by atoms with Crippen LogP contribution in [0.25, 0.3) is 0 Å². The van der Waals surface area contributed by atoms with Gasteiger partial charge in [0.2, 0.25) is 0 Å². The number of hydrogen-bond donors (Lipinski definition) is 2. The lowest BCUT2D eigenvalue weighted by Gasteiger charge is -2.44. The third-order valence-electron chi connectivity index (χ3n) is 6.34. The SMILES string of the molecule is NC(=O)N/N=C1/[C@@H]2[C@@H]3C[C@@H]4[C@@H]1[C@H]1[C@H]2C[C@H]3[C@H]41. The molecule has 16 heavy (non-hydrogen) atoms. The second-order valence-corrected chi connectivity index (χ2v) is 6.35. The van der Waals surface area contributed by atoms with Crippen molar-refractivity contribution in [1.29, 1.82) is 0 Å². The van der Waals surface area contributed by atoms with Crippen LogP contribution in [0.4, 0.5) is 4.79 Å². The van der Waals surface area contributed by atoms with Gasteiger partial charge < -0.3 is 5.73 Å². The van der Waals surface area contributed by atoms with E-state index in [0.717, 1.165) is 41.4 Å². The summed E-state index contributed by atoms with van der Waals surface area (Å²) >= 11 is 0. The quantitative estimate of drug-likeness (QED) is 0.626. The van der Waals surface area contributed by atoms with Crippen LogP contribution in [-0.2, 0) is 0 Å². The minimum atomic E-state index is -0.522. The third-order valence-corrected chi connectivity index (χ3v) is 6.34. The number of hydrogen-bond acceptors (Lipinski definition) is 2. The van der Waals surface area contributed by atoms with Crippen LogP contribution in [0, 0.1) is 47.3 Å². The molecule has 0 aliphatic heterocycles. The Morgan fingerprint density at radius 1 is 1.12 bits per heavy atom. The van der Waals surface area contributed by atoms with Crippen LogP contribution in [0.5, 0.6) is 0 Å². The first-order valence-electron chi connectivity index (χ1n) is 6.40. The number of urea groups is 1. The minimum Gasteiger partial charge on any atom is -0.350 e. The maximum Gasteiger partial charge on any atom is 0.332 e. The van der Waals surface area contributed by atoms with Gasteiger partial charge >= 0.3 is 6.03 Å². The Balaban J connectivity index is 1.60. The number of carbonyl (C=O) groups excluding carboxylic acids is 1. The van der Waals surface area contributed by atoms with Gasteiger partial charge in [-0.2, -0.15) is 5.10 Å². The molecule has 8 atom stereocenters. The van der Waals surface area contributed by atoms with Gasteiger partial charge in [-0.1, -0.05) is 0 Å². The van der Waals surface area contributed by atoms with Crippen molar-refractivity contribution in [2.45, 2.75) is 12.8 Å². The Kier molecular flexibility index (Phi) is 1.09. The van der Waals surface area contributed by atoms with Crippen molar-refractivity contribution in [2.75, 3.05) is 0 Å². The van der Waals surface area contributed by atoms with Gasteiger partial charge in [-0.05, 0) is 48.3 Å². The smallest absolute Gasteiger partial charge is 0.332 e. The summed E-state index contributed by atoms with van der Waals surface area (Å²) < 4.78 is 0. The van der Waals surface area contributed by atoms with Crippen molar-refractivity contribution in [3.63, 3.8) is 0 Å². The number of nitrogens with zero attached hydrogens (tertiary/aromatic N) is 1. The first-order chi connectivity index (χ1) is 7.77. The van der Waals surface area contributed by atoms with Crippen LogP contribution in [0.15, 0.2) is 5.10 Å². The summed E-state index contributed by atoms with van der Waals surface area (Å²) in [6.07, 6.45) is 2.90. The zero-order chi connectivity index (χ0) is 10.6. The number of rotatable bonds is 1. The normalized spacial score (nSPS) is 64.4. The predicted octanol–water partition coefficient (Wildman–Crippen LogP) is 0.788. The van der Waals surface area contributed by atoms with Crippen LogP contribution in [0.2, 0.25) is 0 Å². The Morgan fingerprint density at radius 2 is 1.88 bits per heavy atom. The van der Waals surface area contributed by atoms with Crippen LogP contribution in [-0.4, -0.2) is 11.7 Å². The Labute approximate surface area is 93.6 Å². The van der Waals surface area contributed by atoms with Crippen molar-refractivity contribution in [3.8, 4) is 0 Å².